The summed E-state index contributed by atoms with van der Waals surface area (Å²) in [4.78, 5) is 14.3. The first-order valence-corrected chi connectivity index (χ1v) is 4.65. The normalized spacial score (nSPS) is 10.4. The van der Waals surface area contributed by atoms with Crippen LogP contribution < -0.4 is 5.32 Å². The molecule has 0 amide bonds. The Kier molecular flexibility index (Phi) is 4.12. The first-order valence-electron chi connectivity index (χ1n) is 4.65. The van der Waals surface area contributed by atoms with E-state index in [0.717, 1.165) is 18.7 Å². The van der Waals surface area contributed by atoms with Crippen LogP contribution in [0.1, 0.15) is 19.0 Å². The number of carboxylic acids is 1. The monoisotopic (exact) mass is 197 g/mol. The van der Waals surface area contributed by atoms with Crippen LogP contribution in [0.4, 0.5) is 0 Å². The molecule has 1 heterocycles. The highest BCUT2D eigenvalue weighted by atomic mass is 16.4. The molecule has 0 saturated heterocycles. The second-order valence-electron chi connectivity index (χ2n) is 3.08. The summed E-state index contributed by atoms with van der Waals surface area (Å²) < 4.78 is 2.02. The van der Waals surface area contributed by atoms with Crippen molar-refractivity contribution < 1.29 is 9.90 Å². The standard InChI is InChI=1S/C9H15N3O2/c1-2-3-12-7-11-5-8(12)4-10-6-9(13)14/h5,7,10H,2-4,6H2,1H3,(H,13,14). The van der Waals surface area contributed by atoms with Gasteiger partial charge in [-0.15, -0.1) is 0 Å². The van der Waals surface area contributed by atoms with Gasteiger partial charge in [-0.25, -0.2) is 4.98 Å². The lowest BCUT2D eigenvalue weighted by Gasteiger charge is -2.06. The summed E-state index contributed by atoms with van der Waals surface area (Å²) in [5, 5.41) is 11.3. The number of imidazole rings is 1. The summed E-state index contributed by atoms with van der Waals surface area (Å²) in [7, 11) is 0. The first kappa shape index (κ1) is 10.7. The van der Waals surface area contributed by atoms with Gasteiger partial charge in [-0.1, -0.05) is 6.92 Å². The van der Waals surface area contributed by atoms with E-state index in [0.29, 0.717) is 6.54 Å². The van der Waals surface area contributed by atoms with E-state index in [4.69, 9.17) is 5.11 Å². The molecule has 78 valence electrons. The first-order chi connectivity index (χ1) is 6.74. The van der Waals surface area contributed by atoms with Crippen molar-refractivity contribution in [3.8, 4) is 0 Å². The van der Waals surface area contributed by atoms with Crippen molar-refractivity contribution in [2.24, 2.45) is 0 Å². The molecule has 0 aromatic carbocycles. The molecule has 1 aromatic rings. The molecule has 0 atom stereocenters. The van der Waals surface area contributed by atoms with Crippen molar-refractivity contribution in [1.29, 1.82) is 0 Å². The highest BCUT2D eigenvalue weighted by Gasteiger charge is 2.01. The number of rotatable bonds is 6. The third-order valence-corrected chi connectivity index (χ3v) is 1.85. The van der Waals surface area contributed by atoms with Crippen molar-refractivity contribution >= 4 is 5.97 Å². The van der Waals surface area contributed by atoms with Crippen molar-refractivity contribution in [2.45, 2.75) is 26.4 Å². The average Bonchev–Trinajstić information content (AvgIpc) is 2.53. The van der Waals surface area contributed by atoms with Crippen molar-refractivity contribution in [3.63, 3.8) is 0 Å². The molecule has 0 aliphatic rings. The van der Waals surface area contributed by atoms with E-state index < -0.39 is 5.97 Å². The summed E-state index contributed by atoms with van der Waals surface area (Å²) in [5.41, 5.74) is 1.02. The quantitative estimate of drug-likeness (QED) is 0.695. The molecule has 0 radical (unpaired) electrons. The highest BCUT2D eigenvalue weighted by Crippen LogP contribution is 1.99. The van der Waals surface area contributed by atoms with Gasteiger partial charge in [0, 0.05) is 19.3 Å². The molecule has 5 heteroatoms. The summed E-state index contributed by atoms with van der Waals surface area (Å²) in [6.45, 7) is 3.54. The SMILES string of the molecule is CCCn1cncc1CNCC(=O)O. The minimum atomic E-state index is -0.841. The fraction of sp³-hybridized carbons (Fsp3) is 0.556. The fourth-order valence-corrected chi connectivity index (χ4v) is 1.24. The van der Waals surface area contributed by atoms with Gasteiger partial charge in [-0.05, 0) is 6.42 Å². The Hall–Kier alpha value is -1.36. The number of hydrogen-bond donors (Lipinski definition) is 2. The predicted molar refractivity (Wildman–Crippen MR) is 51.9 cm³/mol. The maximum Gasteiger partial charge on any atom is 0.317 e. The molecular weight excluding hydrogens is 182 g/mol. The number of carbonyl (C=O) groups is 1. The van der Waals surface area contributed by atoms with Gasteiger partial charge in [0.15, 0.2) is 0 Å². The average molecular weight is 197 g/mol. The number of carboxylic acid groups (broad SMARTS) is 1. The lowest BCUT2D eigenvalue weighted by Crippen LogP contribution is -2.23. The summed E-state index contributed by atoms with van der Waals surface area (Å²) in [6, 6.07) is 0. The fourth-order valence-electron chi connectivity index (χ4n) is 1.24. The lowest BCUT2D eigenvalue weighted by atomic mass is 10.4. The van der Waals surface area contributed by atoms with Crippen molar-refractivity contribution in [2.75, 3.05) is 6.54 Å². The largest absolute Gasteiger partial charge is 0.480 e. The lowest BCUT2D eigenvalue weighted by molar-refractivity contribution is -0.136. The molecule has 0 fully saturated rings. The third kappa shape index (κ3) is 3.18. The molecule has 2 N–H and O–H groups in total. The van der Waals surface area contributed by atoms with Gasteiger partial charge in [0.25, 0.3) is 0 Å². The molecule has 0 aliphatic carbocycles. The molecule has 1 aromatic heterocycles. The number of nitrogens with one attached hydrogen (secondary N) is 1. The maximum absolute atomic E-state index is 10.3. The zero-order valence-corrected chi connectivity index (χ0v) is 8.23. The van der Waals surface area contributed by atoms with E-state index in [1.807, 2.05) is 4.57 Å². The Morgan fingerprint density at radius 1 is 1.71 bits per heavy atom. The maximum atomic E-state index is 10.3. The minimum absolute atomic E-state index is 0.0166. The Bertz CT molecular complexity index is 296. The van der Waals surface area contributed by atoms with E-state index in [1.54, 1.807) is 12.5 Å². The number of aryl methyl sites for hydroxylation is 1. The van der Waals surface area contributed by atoms with E-state index >= 15 is 0 Å². The topological polar surface area (TPSA) is 67.2 Å². The molecule has 0 spiro atoms. The van der Waals surface area contributed by atoms with Crippen LogP contribution in [0.15, 0.2) is 12.5 Å². The second kappa shape index (κ2) is 5.39. The Labute approximate surface area is 82.8 Å². The van der Waals surface area contributed by atoms with Gasteiger partial charge < -0.3 is 15.0 Å². The smallest absolute Gasteiger partial charge is 0.317 e. The molecular formula is C9H15N3O2. The molecule has 14 heavy (non-hydrogen) atoms. The predicted octanol–water partition coefficient (Wildman–Crippen LogP) is 0.467. The Morgan fingerprint density at radius 2 is 2.50 bits per heavy atom. The van der Waals surface area contributed by atoms with Crippen molar-refractivity contribution in [1.82, 2.24) is 14.9 Å². The van der Waals surface area contributed by atoms with Gasteiger partial charge in [-0.3, -0.25) is 4.79 Å². The van der Waals surface area contributed by atoms with E-state index in [1.165, 1.54) is 0 Å². The second-order valence-corrected chi connectivity index (χ2v) is 3.08. The minimum Gasteiger partial charge on any atom is -0.480 e. The number of hydrogen-bond acceptors (Lipinski definition) is 3. The third-order valence-electron chi connectivity index (χ3n) is 1.85. The van der Waals surface area contributed by atoms with Gasteiger partial charge in [0.2, 0.25) is 0 Å². The van der Waals surface area contributed by atoms with Gasteiger partial charge >= 0.3 is 5.97 Å². The van der Waals surface area contributed by atoms with E-state index in [9.17, 15) is 4.79 Å². The van der Waals surface area contributed by atoms with Gasteiger partial charge in [0.1, 0.15) is 0 Å². The van der Waals surface area contributed by atoms with Crippen LogP contribution in [0.25, 0.3) is 0 Å². The summed E-state index contributed by atoms with van der Waals surface area (Å²) in [6.07, 6.45) is 4.56. The van der Waals surface area contributed by atoms with E-state index in [-0.39, 0.29) is 6.54 Å². The van der Waals surface area contributed by atoms with Gasteiger partial charge in [-0.2, -0.15) is 0 Å². The van der Waals surface area contributed by atoms with Crippen molar-refractivity contribution in [3.05, 3.63) is 18.2 Å². The van der Waals surface area contributed by atoms with Crippen LogP contribution in [0.3, 0.4) is 0 Å². The van der Waals surface area contributed by atoms with Crippen LogP contribution in [0, 0.1) is 0 Å². The molecule has 0 saturated carbocycles. The molecule has 0 unspecified atom stereocenters. The molecule has 0 aliphatic heterocycles. The van der Waals surface area contributed by atoms with E-state index in [2.05, 4.69) is 17.2 Å². The Balaban J connectivity index is 2.41. The van der Waals surface area contributed by atoms with Crippen LogP contribution in [-0.4, -0.2) is 27.2 Å². The molecule has 5 nitrogen and oxygen atoms in total. The number of aliphatic carboxylic acids is 1. The number of nitrogens with zero attached hydrogens (tertiary/aromatic N) is 2. The Morgan fingerprint density at radius 3 is 3.14 bits per heavy atom. The number of aromatic nitrogens is 2. The summed E-state index contributed by atoms with van der Waals surface area (Å²) >= 11 is 0. The van der Waals surface area contributed by atoms with Gasteiger partial charge in [0.05, 0.1) is 18.6 Å². The molecule has 1 rings (SSSR count). The zero-order chi connectivity index (χ0) is 10.4. The highest BCUT2D eigenvalue weighted by molar-refractivity contribution is 5.68. The van der Waals surface area contributed by atoms with Crippen LogP contribution in [0.5, 0.6) is 0 Å². The summed E-state index contributed by atoms with van der Waals surface area (Å²) in [5.74, 6) is -0.841. The zero-order valence-electron chi connectivity index (χ0n) is 8.23. The molecule has 0 bridgehead atoms. The van der Waals surface area contributed by atoms with Crippen LogP contribution in [0.2, 0.25) is 0 Å². The van der Waals surface area contributed by atoms with Crippen LogP contribution >= 0.6 is 0 Å². The van der Waals surface area contributed by atoms with Crippen LogP contribution in [-0.2, 0) is 17.9 Å².